The van der Waals surface area contributed by atoms with Crippen molar-refractivity contribution in [2.75, 3.05) is 5.32 Å². The Morgan fingerprint density at radius 3 is 2.65 bits per heavy atom. The van der Waals surface area contributed by atoms with E-state index < -0.39 is 0 Å². The number of nitrogens with one attached hydrogen (secondary N) is 1. The Morgan fingerprint density at radius 1 is 1.35 bits per heavy atom. The van der Waals surface area contributed by atoms with Crippen LogP contribution in [0.15, 0.2) is 24.3 Å². The molecule has 0 radical (unpaired) electrons. The molecule has 0 bridgehead atoms. The maximum Gasteiger partial charge on any atom is 0.228 e. The number of para-hydroxylation sites is 1. The molecule has 1 aliphatic rings. The Hall–Kier alpha value is -0.620. The van der Waals surface area contributed by atoms with Crippen molar-refractivity contribution in [2.24, 2.45) is 23.0 Å². The fraction of sp³-hybridized carbons (Fsp3) is 0.562. The number of amides is 1. The van der Waals surface area contributed by atoms with Crippen LogP contribution in [0.1, 0.15) is 33.6 Å². The Morgan fingerprint density at radius 2 is 2.00 bits per heavy atom. The SMILES string of the molecule is CC1C(N)CCC(C(=O)Nc2ccccc2I)C1(C)C. The predicted molar refractivity (Wildman–Crippen MR) is 91.4 cm³/mol. The van der Waals surface area contributed by atoms with Crippen molar-refractivity contribution in [3.05, 3.63) is 27.8 Å². The molecule has 1 fully saturated rings. The van der Waals surface area contributed by atoms with Crippen LogP contribution < -0.4 is 11.1 Å². The van der Waals surface area contributed by atoms with Crippen LogP contribution in [0.4, 0.5) is 5.69 Å². The van der Waals surface area contributed by atoms with E-state index in [2.05, 4.69) is 48.7 Å². The van der Waals surface area contributed by atoms with Gasteiger partial charge < -0.3 is 11.1 Å². The second-order valence-corrected chi connectivity index (χ2v) is 7.54. The molecule has 3 unspecified atom stereocenters. The summed E-state index contributed by atoms with van der Waals surface area (Å²) in [4.78, 5) is 12.6. The summed E-state index contributed by atoms with van der Waals surface area (Å²) in [6, 6.07) is 8.07. The fourth-order valence-corrected chi connectivity index (χ4v) is 3.62. The highest BCUT2D eigenvalue weighted by atomic mass is 127. The second kappa shape index (κ2) is 6.02. The molecule has 1 aromatic carbocycles. The molecule has 4 heteroatoms. The molecule has 0 heterocycles. The largest absolute Gasteiger partial charge is 0.327 e. The first-order valence-corrected chi connectivity index (χ1v) is 8.23. The highest BCUT2D eigenvalue weighted by Crippen LogP contribution is 2.44. The molecule has 0 aromatic heterocycles. The van der Waals surface area contributed by atoms with E-state index in [0.717, 1.165) is 22.1 Å². The molecule has 3 atom stereocenters. The highest BCUT2D eigenvalue weighted by Gasteiger charge is 2.45. The van der Waals surface area contributed by atoms with Crippen LogP contribution in [0, 0.1) is 20.8 Å². The molecule has 3 N–H and O–H groups in total. The third-order valence-electron chi connectivity index (χ3n) is 4.95. The number of carbonyl (C=O) groups is 1. The summed E-state index contributed by atoms with van der Waals surface area (Å²) in [6.45, 7) is 6.49. The van der Waals surface area contributed by atoms with Crippen molar-refractivity contribution >= 4 is 34.2 Å². The van der Waals surface area contributed by atoms with Gasteiger partial charge in [0.25, 0.3) is 0 Å². The quantitative estimate of drug-likeness (QED) is 0.763. The first-order chi connectivity index (χ1) is 9.34. The van der Waals surface area contributed by atoms with Crippen LogP contribution >= 0.6 is 22.6 Å². The van der Waals surface area contributed by atoms with Crippen molar-refractivity contribution in [3.63, 3.8) is 0 Å². The molecule has 1 aromatic rings. The van der Waals surface area contributed by atoms with Crippen LogP contribution in [-0.4, -0.2) is 11.9 Å². The Kier molecular flexibility index (Phi) is 4.74. The summed E-state index contributed by atoms with van der Waals surface area (Å²) in [6.07, 6.45) is 1.79. The van der Waals surface area contributed by atoms with Crippen molar-refractivity contribution < 1.29 is 4.79 Å². The molecule has 0 aliphatic heterocycles. The van der Waals surface area contributed by atoms with E-state index in [-0.39, 0.29) is 23.3 Å². The van der Waals surface area contributed by atoms with Gasteiger partial charge in [-0.05, 0) is 58.9 Å². The monoisotopic (exact) mass is 386 g/mol. The zero-order valence-corrected chi connectivity index (χ0v) is 14.5. The van der Waals surface area contributed by atoms with Crippen molar-refractivity contribution in [1.82, 2.24) is 0 Å². The zero-order chi connectivity index (χ0) is 14.9. The molecule has 1 saturated carbocycles. The molecular formula is C16H23IN2O. The van der Waals surface area contributed by atoms with Crippen LogP contribution in [0.5, 0.6) is 0 Å². The summed E-state index contributed by atoms with van der Waals surface area (Å²) in [7, 11) is 0. The summed E-state index contributed by atoms with van der Waals surface area (Å²) < 4.78 is 1.07. The smallest absolute Gasteiger partial charge is 0.228 e. The lowest BCUT2D eigenvalue weighted by atomic mass is 9.61. The van der Waals surface area contributed by atoms with Gasteiger partial charge in [0.1, 0.15) is 0 Å². The number of hydrogen-bond acceptors (Lipinski definition) is 2. The van der Waals surface area contributed by atoms with Gasteiger partial charge >= 0.3 is 0 Å². The summed E-state index contributed by atoms with van der Waals surface area (Å²) >= 11 is 2.25. The highest BCUT2D eigenvalue weighted by molar-refractivity contribution is 14.1. The van der Waals surface area contributed by atoms with Gasteiger partial charge in [-0.1, -0.05) is 32.9 Å². The predicted octanol–water partition coefficient (Wildman–Crippen LogP) is 3.63. The topological polar surface area (TPSA) is 55.1 Å². The average molecular weight is 386 g/mol. The van der Waals surface area contributed by atoms with Gasteiger partial charge in [0.2, 0.25) is 5.91 Å². The number of halogens is 1. The summed E-state index contributed by atoms with van der Waals surface area (Å²) in [5.41, 5.74) is 6.99. The van der Waals surface area contributed by atoms with Crippen LogP contribution in [0.25, 0.3) is 0 Å². The maximum atomic E-state index is 12.6. The lowest BCUT2D eigenvalue weighted by Gasteiger charge is -2.46. The third-order valence-corrected chi connectivity index (χ3v) is 5.89. The van der Waals surface area contributed by atoms with Gasteiger partial charge in [0.15, 0.2) is 0 Å². The van der Waals surface area contributed by atoms with Crippen molar-refractivity contribution in [2.45, 2.75) is 39.7 Å². The summed E-state index contributed by atoms with van der Waals surface area (Å²) in [5.74, 6) is 0.494. The number of benzene rings is 1. The van der Waals surface area contributed by atoms with Crippen molar-refractivity contribution in [3.8, 4) is 0 Å². The maximum absolute atomic E-state index is 12.6. The molecule has 3 nitrogen and oxygen atoms in total. The van der Waals surface area contributed by atoms with E-state index >= 15 is 0 Å². The minimum absolute atomic E-state index is 0.0216. The Labute approximate surface area is 134 Å². The molecule has 20 heavy (non-hydrogen) atoms. The van der Waals surface area contributed by atoms with Gasteiger partial charge in [-0.2, -0.15) is 0 Å². The molecule has 2 rings (SSSR count). The van der Waals surface area contributed by atoms with E-state index in [1.807, 2.05) is 24.3 Å². The Balaban J connectivity index is 2.15. The van der Waals surface area contributed by atoms with Crippen LogP contribution in [-0.2, 0) is 4.79 Å². The molecule has 110 valence electrons. The minimum atomic E-state index is -0.0675. The molecule has 1 amide bonds. The van der Waals surface area contributed by atoms with E-state index in [1.165, 1.54) is 0 Å². The van der Waals surface area contributed by atoms with Crippen LogP contribution in [0.3, 0.4) is 0 Å². The van der Waals surface area contributed by atoms with Crippen molar-refractivity contribution in [1.29, 1.82) is 0 Å². The number of carbonyl (C=O) groups excluding carboxylic acids is 1. The van der Waals surface area contributed by atoms with Gasteiger partial charge in [0, 0.05) is 15.5 Å². The van der Waals surface area contributed by atoms with Gasteiger partial charge in [-0.3, -0.25) is 4.79 Å². The standard InChI is InChI=1S/C16H23IN2O/c1-10-13(18)9-8-11(16(10,2)3)15(20)19-14-7-5-4-6-12(14)17/h4-7,10-11,13H,8-9,18H2,1-3H3,(H,19,20). The van der Waals surface area contributed by atoms with E-state index in [9.17, 15) is 4.79 Å². The first-order valence-electron chi connectivity index (χ1n) is 7.15. The molecular weight excluding hydrogens is 363 g/mol. The lowest BCUT2D eigenvalue weighted by molar-refractivity contribution is -0.127. The van der Waals surface area contributed by atoms with Gasteiger partial charge in [0.05, 0.1) is 5.69 Å². The normalized spacial score (nSPS) is 28.9. The van der Waals surface area contributed by atoms with Gasteiger partial charge in [-0.25, -0.2) is 0 Å². The number of anilines is 1. The van der Waals surface area contributed by atoms with E-state index in [1.54, 1.807) is 0 Å². The molecule has 1 aliphatic carbocycles. The number of hydrogen-bond donors (Lipinski definition) is 2. The lowest BCUT2D eigenvalue weighted by Crippen LogP contribution is -2.50. The second-order valence-electron chi connectivity index (χ2n) is 6.37. The third kappa shape index (κ3) is 3.01. The Bertz CT molecular complexity index is 501. The summed E-state index contributed by atoms with van der Waals surface area (Å²) in [5, 5.41) is 3.08. The molecule has 0 saturated heterocycles. The first kappa shape index (κ1) is 15.8. The average Bonchev–Trinajstić information content (AvgIpc) is 2.38. The van der Waals surface area contributed by atoms with E-state index in [4.69, 9.17) is 5.73 Å². The van der Waals surface area contributed by atoms with Gasteiger partial charge in [-0.15, -0.1) is 0 Å². The number of nitrogens with two attached hydrogens (primary N) is 1. The molecule has 0 spiro atoms. The number of rotatable bonds is 2. The minimum Gasteiger partial charge on any atom is -0.327 e. The van der Waals surface area contributed by atoms with E-state index in [0.29, 0.717) is 5.92 Å². The van der Waals surface area contributed by atoms with Crippen LogP contribution in [0.2, 0.25) is 0 Å². The zero-order valence-electron chi connectivity index (χ0n) is 12.3. The fourth-order valence-electron chi connectivity index (χ4n) is 3.10.